The fourth-order valence-corrected chi connectivity index (χ4v) is 2.45. The Morgan fingerprint density at radius 2 is 2.24 bits per heavy atom. The second-order valence-electron chi connectivity index (χ2n) is 5.06. The van der Waals surface area contributed by atoms with Crippen LogP contribution in [-0.4, -0.2) is 55.2 Å². The lowest BCUT2D eigenvalue weighted by Crippen LogP contribution is -2.41. The van der Waals surface area contributed by atoms with E-state index in [1.165, 1.54) is 7.11 Å². The second-order valence-corrected chi connectivity index (χ2v) is 5.06. The molecule has 21 heavy (non-hydrogen) atoms. The van der Waals surface area contributed by atoms with Gasteiger partial charge in [0.25, 0.3) is 5.91 Å². The molecule has 0 radical (unpaired) electrons. The molecule has 2 heterocycles. The second kappa shape index (κ2) is 7.95. The average Bonchev–Trinajstić information content (AvgIpc) is 2.55. The van der Waals surface area contributed by atoms with E-state index in [-0.39, 0.29) is 12.0 Å². The number of hydrogen-bond acceptors (Lipinski definition) is 5. The van der Waals surface area contributed by atoms with Crippen LogP contribution in [0.15, 0.2) is 18.3 Å². The number of likely N-dealkylation sites (tertiary alicyclic amines) is 1. The molecule has 1 aromatic heterocycles. The van der Waals surface area contributed by atoms with Gasteiger partial charge in [-0.3, -0.25) is 4.79 Å². The third kappa shape index (κ3) is 4.15. The summed E-state index contributed by atoms with van der Waals surface area (Å²) < 4.78 is 10.9. The summed E-state index contributed by atoms with van der Waals surface area (Å²) in [5.74, 6) is 0.351. The summed E-state index contributed by atoms with van der Waals surface area (Å²) in [6.07, 6.45) is 4.45. The zero-order chi connectivity index (χ0) is 15.1. The van der Waals surface area contributed by atoms with Gasteiger partial charge in [-0.25, -0.2) is 4.98 Å². The Bertz CT molecular complexity index is 459. The molecule has 2 rings (SSSR count). The monoisotopic (exact) mass is 293 g/mol. The molecule has 0 spiro atoms. The van der Waals surface area contributed by atoms with E-state index in [0.29, 0.717) is 37.7 Å². The van der Waals surface area contributed by atoms with Crippen molar-refractivity contribution in [3.8, 4) is 5.88 Å². The number of carbonyl (C=O) groups is 1. The predicted octanol–water partition coefficient (Wildman–Crippen LogP) is 1.06. The molecular weight excluding hydrogens is 270 g/mol. The Morgan fingerprint density at radius 1 is 1.48 bits per heavy atom. The van der Waals surface area contributed by atoms with E-state index >= 15 is 0 Å². The predicted molar refractivity (Wildman–Crippen MR) is 79.3 cm³/mol. The van der Waals surface area contributed by atoms with Gasteiger partial charge >= 0.3 is 0 Å². The molecule has 0 saturated carbocycles. The Morgan fingerprint density at radius 3 is 2.90 bits per heavy atom. The zero-order valence-electron chi connectivity index (χ0n) is 12.5. The molecule has 0 bridgehead atoms. The molecule has 6 nitrogen and oxygen atoms in total. The lowest BCUT2D eigenvalue weighted by Gasteiger charge is -2.32. The molecule has 1 aliphatic heterocycles. The normalized spacial score (nSPS) is 16.0. The van der Waals surface area contributed by atoms with Crippen LogP contribution in [0.2, 0.25) is 0 Å². The largest absolute Gasteiger partial charge is 0.480 e. The summed E-state index contributed by atoms with van der Waals surface area (Å²) in [7, 11) is 1.52. The first-order valence-corrected chi connectivity index (χ1v) is 7.36. The minimum Gasteiger partial charge on any atom is -0.480 e. The number of ether oxygens (including phenoxy) is 2. The summed E-state index contributed by atoms with van der Waals surface area (Å²) in [6, 6.07) is 3.50. The first-order chi connectivity index (χ1) is 10.3. The smallest absolute Gasteiger partial charge is 0.259 e. The Kier molecular flexibility index (Phi) is 5.95. The van der Waals surface area contributed by atoms with Crippen molar-refractivity contribution in [1.29, 1.82) is 0 Å². The van der Waals surface area contributed by atoms with Crippen LogP contribution in [0.4, 0.5) is 0 Å². The highest BCUT2D eigenvalue weighted by molar-refractivity contribution is 5.96. The molecular formula is C15H23N3O3. The van der Waals surface area contributed by atoms with E-state index in [1.54, 1.807) is 18.3 Å². The van der Waals surface area contributed by atoms with E-state index < -0.39 is 0 Å². The summed E-state index contributed by atoms with van der Waals surface area (Å²) in [4.78, 5) is 18.4. The number of rotatable bonds is 6. The number of carbonyl (C=O) groups excluding carboxylic acids is 1. The summed E-state index contributed by atoms with van der Waals surface area (Å²) >= 11 is 0. The molecule has 1 fully saturated rings. The van der Waals surface area contributed by atoms with E-state index in [2.05, 4.69) is 4.98 Å². The quantitative estimate of drug-likeness (QED) is 0.794. The fraction of sp³-hybridized carbons (Fsp3) is 0.600. The maximum absolute atomic E-state index is 12.5. The number of piperidine rings is 1. The van der Waals surface area contributed by atoms with E-state index in [0.717, 1.165) is 19.3 Å². The van der Waals surface area contributed by atoms with Crippen LogP contribution >= 0.6 is 0 Å². The summed E-state index contributed by atoms with van der Waals surface area (Å²) in [5, 5.41) is 0. The number of nitrogens with two attached hydrogens (primary N) is 1. The van der Waals surface area contributed by atoms with E-state index in [4.69, 9.17) is 15.2 Å². The lowest BCUT2D eigenvalue weighted by atomic mass is 10.1. The molecule has 116 valence electrons. The Balaban J connectivity index is 1.88. The fourth-order valence-electron chi connectivity index (χ4n) is 2.45. The van der Waals surface area contributed by atoms with E-state index in [9.17, 15) is 4.79 Å². The van der Waals surface area contributed by atoms with Gasteiger partial charge in [-0.2, -0.15) is 0 Å². The molecule has 1 amide bonds. The highest BCUT2D eigenvalue weighted by Gasteiger charge is 2.25. The topological polar surface area (TPSA) is 77.7 Å². The molecule has 1 aromatic rings. The maximum Gasteiger partial charge on any atom is 0.259 e. The first kappa shape index (κ1) is 15.7. The number of nitrogens with zero attached hydrogens (tertiary/aromatic N) is 2. The molecule has 0 unspecified atom stereocenters. The summed E-state index contributed by atoms with van der Waals surface area (Å²) in [6.45, 7) is 2.75. The van der Waals surface area contributed by atoms with Crippen molar-refractivity contribution in [1.82, 2.24) is 9.88 Å². The van der Waals surface area contributed by atoms with Crippen LogP contribution in [-0.2, 0) is 4.74 Å². The van der Waals surface area contributed by atoms with Crippen molar-refractivity contribution in [3.63, 3.8) is 0 Å². The van der Waals surface area contributed by atoms with Crippen LogP contribution in [0.5, 0.6) is 5.88 Å². The molecule has 1 saturated heterocycles. The van der Waals surface area contributed by atoms with Crippen molar-refractivity contribution >= 4 is 5.91 Å². The van der Waals surface area contributed by atoms with Crippen LogP contribution in [0, 0.1) is 0 Å². The number of pyridine rings is 1. The van der Waals surface area contributed by atoms with Crippen LogP contribution in [0.1, 0.15) is 29.6 Å². The van der Waals surface area contributed by atoms with Gasteiger partial charge in [0, 0.05) is 25.9 Å². The third-order valence-electron chi connectivity index (χ3n) is 3.63. The van der Waals surface area contributed by atoms with Crippen molar-refractivity contribution in [2.75, 3.05) is 33.4 Å². The standard InChI is InChI=1S/C15H23N3O3/c1-20-14-13(4-2-8-17-14)15(19)18-9-5-12(6-10-18)21-11-3-7-16/h2,4,8,12H,3,5-7,9-11,16H2,1H3. The molecule has 0 aliphatic carbocycles. The van der Waals surface area contributed by atoms with Gasteiger partial charge in [-0.1, -0.05) is 0 Å². The van der Waals surface area contributed by atoms with Gasteiger partial charge in [-0.05, 0) is 37.9 Å². The third-order valence-corrected chi connectivity index (χ3v) is 3.63. The highest BCUT2D eigenvalue weighted by atomic mass is 16.5. The number of aromatic nitrogens is 1. The molecule has 6 heteroatoms. The van der Waals surface area contributed by atoms with Crippen molar-refractivity contribution in [2.45, 2.75) is 25.4 Å². The van der Waals surface area contributed by atoms with Crippen molar-refractivity contribution in [3.05, 3.63) is 23.9 Å². The maximum atomic E-state index is 12.5. The van der Waals surface area contributed by atoms with Gasteiger partial charge in [0.1, 0.15) is 5.56 Å². The SMILES string of the molecule is COc1ncccc1C(=O)N1CCC(OCCCN)CC1. The van der Waals surface area contributed by atoms with E-state index in [1.807, 2.05) is 4.90 Å². The van der Waals surface area contributed by atoms with Gasteiger partial charge < -0.3 is 20.1 Å². The van der Waals surface area contributed by atoms with Crippen LogP contribution < -0.4 is 10.5 Å². The van der Waals surface area contributed by atoms with Crippen LogP contribution in [0.25, 0.3) is 0 Å². The molecule has 0 atom stereocenters. The van der Waals surface area contributed by atoms with Gasteiger partial charge in [0.15, 0.2) is 0 Å². The molecule has 2 N–H and O–H groups in total. The summed E-state index contributed by atoms with van der Waals surface area (Å²) in [5.41, 5.74) is 5.96. The van der Waals surface area contributed by atoms with Gasteiger partial charge in [0.05, 0.1) is 13.2 Å². The molecule has 0 aromatic carbocycles. The number of methoxy groups -OCH3 is 1. The lowest BCUT2D eigenvalue weighted by molar-refractivity contribution is 0.00836. The first-order valence-electron chi connectivity index (χ1n) is 7.36. The van der Waals surface area contributed by atoms with Gasteiger partial charge in [-0.15, -0.1) is 0 Å². The minimum absolute atomic E-state index is 0.0274. The Labute approximate surface area is 125 Å². The van der Waals surface area contributed by atoms with Crippen LogP contribution in [0.3, 0.4) is 0 Å². The van der Waals surface area contributed by atoms with Crippen molar-refractivity contribution in [2.24, 2.45) is 5.73 Å². The average molecular weight is 293 g/mol. The van der Waals surface area contributed by atoms with Crippen molar-refractivity contribution < 1.29 is 14.3 Å². The minimum atomic E-state index is -0.0274. The zero-order valence-corrected chi connectivity index (χ0v) is 12.5. The van der Waals surface area contributed by atoms with Gasteiger partial charge in [0.2, 0.25) is 5.88 Å². The Hall–Kier alpha value is -1.66. The number of hydrogen-bond donors (Lipinski definition) is 1. The highest BCUT2D eigenvalue weighted by Crippen LogP contribution is 2.20. The molecule has 1 aliphatic rings. The number of amides is 1.